The van der Waals surface area contributed by atoms with Crippen LogP contribution < -0.4 is 9.47 Å². The zero-order chi connectivity index (χ0) is 22.8. The number of benzene rings is 1. The number of ether oxygens (including phenoxy) is 2. The van der Waals surface area contributed by atoms with Gasteiger partial charge in [-0.05, 0) is 36.2 Å². The maximum absolute atomic E-state index is 12.9. The first kappa shape index (κ1) is 21.6. The van der Waals surface area contributed by atoms with E-state index in [-0.39, 0.29) is 11.8 Å². The fraction of sp³-hybridized carbons (Fsp3) is 0.375. The number of hydrogen-bond donors (Lipinski definition) is 0. The quantitative estimate of drug-likeness (QED) is 0.533. The molecule has 0 N–H and O–H groups in total. The molecule has 0 radical (unpaired) electrons. The summed E-state index contributed by atoms with van der Waals surface area (Å²) >= 11 is 1.46. The van der Waals surface area contributed by atoms with Crippen molar-refractivity contribution in [1.82, 2.24) is 14.8 Å². The van der Waals surface area contributed by atoms with Crippen LogP contribution in [0.4, 0.5) is 0 Å². The van der Waals surface area contributed by atoms with Crippen molar-refractivity contribution in [1.29, 1.82) is 0 Å². The third-order valence-electron chi connectivity index (χ3n) is 5.88. The van der Waals surface area contributed by atoms with Crippen molar-refractivity contribution in [2.45, 2.75) is 18.4 Å². The number of hydrogen-bond acceptors (Lipinski definition) is 7. The lowest BCUT2D eigenvalue weighted by atomic mass is 10.1. The number of aromatic nitrogens is 1. The predicted molar refractivity (Wildman–Crippen MR) is 124 cm³/mol. The van der Waals surface area contributed by atoms with Gasteiger partial charge in [-0.15, -0.1) is 0 Å². The van der Waals surface area contributed by atoms with E-state index in [1.54, 1.807) is 17.0 Å². The van der Waals surface area contributed by atoms with Gasteiger partial charge in [-0.3, -0.25) is 9.59 Å². The number of thioether (sulfide) groups is 1. The Hall–Kier alpha value is -3.20. The standard InChI is InChI=1S/C24H25N3O5S/c1-2-16-12-17-13-20-21(32-11-10-31-20)14-18(17)25-23(16)33-15-22(28)26-5-7-27(8-6-26)24(29)19-4-3-9-30-19/h3-4,9,12-14H,2,5-8,10-11,15H2,1H3. The zero-order valence-corrected chi connectivity index (χ0v) is 19.2. The van der Waals surface area contributed by atoms with E-state index in [2.05, 4.69) is 13.0 Å². The molecule has 172 valence electrons. The number of fused-ring (bicyclic) bond motifs is 2. The number of rotatable bonds is 5. The minimum absolute atomic E-state index is 0.0521. The predicted octanol–water partition coefficient (Wildman–Crippen LogP) is 3.24. The second kappa shape index (κ2) is 9.35. The molecule has 0 aliphatic carbocycles. The number of piperazine rings is 1. The third kappa shape index (κ3) is 4.50. The number of carbonyl (C=O) groups excluding carboxylic acids is 2. The van der Waals surface area contributed by atoms with Crippen LogP contribution in [0.5, 0.6) is 11.5 Å². The number of furan rings is 1. The van der Waals surface area contributed by atoms with Gasteiger partial charge in [0.15, 0.2) is 17.3 Å². The van der Waals surface area contributed by atoms with E-state index in [1.807, 2.05) is 17.0 Å². The highest BCUT2D eigenvalue weighted by atomic mass is 32.2. The minimum Gasteiger partial charge on any atom is -0.486 e. The van der Waals surface area contributed by atoms with Gasteiger partial charge in [-0.25, -0.2) is 4.98 Å². The van der Waals surface area contributed by atoms with Crippen molar-refractivity contribution in [2.24, 2.45) is 0 Å². The molecule has 9 heteroatoms. The first-order valence-corrected chi connectivity index (χ1v) is 12.1. The maximum atomic E-state index is 12.9. The fourth-order valence-corrected chi connectivity index (χ4v) is 5.05. The van der Waals surface area contributed by atoms with Crippen LogP contribution in [-0.4, -0.2) is 71.7 Å². The molecule has 5 rings (SSSR count). The maximum Gasteiger partial charge on any atom is 0.289 e. The molecular formula is C24H25N3O5S. The Morgan fingerprint density at radius 2 is 1.76 bits per heavy atom. The fourth-order valence-electron chi connectivity index (χ4n) is 4.05. The molecule has 1 aromatic carbocycles. The summed E-state index contributed by atoms with van der Waals surface area (Å²) in [7, 11) is 0. The molecule has 4 heterocycles. The number of amides is 2. The lowest BCUT2D eigenvalue weighted by Gasteiger charge is -2.34. The second-order valence-corrected chi connectivity index (χ2v) is 8.90. The van der Waals surface area contributed by atoms with Gasteiger partial charge in [0, 0.05) is 37.6 Å². The van der Waals surface area contributed by atoms with Gasteiger partial charge in [0.05, 0.1) is 17.5 Å². The zero-order valence-electron chi connectivity index (χ0n) is 18.4. The van der Waals surface area contributed by atoms with E-state index in [0.717, 1.165) is 33.7 Å². The topological polar surface area (TPSA) is 85.1 Å². The molecular weight excluding hydrogens is 442 g/mol. The number of carbonyl (C=O) groups is 2. The molecule has 0 bridgehead atoms. The van der Waals surface area contributed by atoms with Crippen LogP contribution in [0.25, 0.3) is 10.9 Å². The van der Waals surface area contributed by atoms with Crippen LogP contribution >= 0.6 is 11.8 Å². The van der Waals surface area contributed by atoms with Gasteiger partial charge < -0.3 is 23.7 Å². The summed E-state index contributed by atoms with van der Waals surface area (Å²) < 4.78 is 16.6. The Bertz CT molecular complexity index is 1170. The number of aryl methyl sites for hydroxylation is 1. The van der Waals surface area contributed by atoms with Crippen LogP contribution in [0.1, 0.15) is 23.0 Å². The SMILES string of the molecule is CCc1cc2cc3c(cc2nc1SCC(=O)N1CCN(C(=O)c2ccco2)CC1)OCCO3. The Morgan fingerprint density at radius 1 is 1.03 bits per heavy atom. The molecule has 0 saturated carbocycles. The van der Waals surface area contributed by atoms with E-state index in [4.69, 9.17) is 18.9 Å². The summed E-state index contributed by atoms with van der Waals surface area (Å²) in [4.78, 5) is 33.6. The highest BCUT2D eigenvalue weighted by Crippen LogP contribution is 2.36. The van der Waals surface area contributed by atoms with Crippen molar-refractivity contribution in [3.63, 3.8) is 0 Å². The Balaban J connectivity index is 1.23. The molecule has 1 saturated heterocycles. The molecule has 2 aromatic heterocycles. The van der Waals surface area contributed by atoms with Crippen LogP contribution in [0.15, 0.2) is 46.0 Å². The van der Waals surface area contributed by atoms with Gasteiger partial charge in [0.25, 0.3) is 5.91 Å². The summed E-state index contributed by atoms with van der Waals surface area (Å²) in [5.74, 6) is 2.01. The number of nitrogens with zero attached hydrogens (tertiary/aromatic N) is 3. The van der Waals surface area contributed by atoms with E-state index >= 15 is 0 Å². The highest BCUT2D eigenvalue weighted by Gasteiger charge is 2.26. The summed E-state index contributed by atoms with van der Waals surface area (Å²) in [5, 5.41) is 1.87. The number of pyridine rings is 1. The molecule has 2 aliphatic rings. The Morgan fingerprint density at radius 3 is 2.45 bits per heavy atom. The molecule has 8 nitrogen and oxygen atoms in total. The molecule has 2 aliphatic heterocycles. The third-order valence-corrected chi connectivity index (χ3v) is 6.90. The molecule has 3 aromatic rings. The van der Waals surface area contributed by atoms with Crippen LogP contribution in [-0.2, 0) is 11.2 Å². The monoisotopic (exact) mass is 467 g/mol. The van der Waals surface area contributed by atoms with Crippen molar-refractivity contribution >= 4 is 34.5 Å². The van der Waals surface area contributed by atoms with Gasteiger partial charge in [0.1, 0.15) is 18.2 Å². The van der Waals surface area contributed by atoms with E-state index in [9.17, 15) is 9.59 Å². The lowest BCUT2D eigenvalue weighted by Crippen LogP contribution is -2.51. The van der Waals surface area contributed by atoms with Gasteiger partial charge in [0.2, 0.25) is 5.91 Å². The first-order valence-electron chi connectivity index (χ1n) is 11.1. The van der Waals surface area contributed by atoms with Gasteiger partial charge >= 0.3 is 0 Å². The van der Waals surface area contributed by atoms with Crippen LogP contribution in [0, 0.1) is 0 Å². The average Bonchev–Trinajstić information content (AvgIpc) is 3.40. The largest absolute Gasteiger partial charge is 0.486 e. The Labute approximate surface area is 195 Å². The van der Waals surface area contributed by atoms with Crippen LogP contribution in [0.2, 0.25) is 0 Å². The van der Waals surface area contributed by atoms with Crippen molar-refractivity contribution in [3.8, 4) is 11.5 Å². The average molecular weight is 468 g/mol. The summed E-state index contributed by atoms with van der Waals surface area (Å²) in [5.41, 5.74) is 1.93. The Kier molecular flexibility index (Phi) is 6.13. The lowest BCUT2D eigenvalue weighted by molar-refractivity contribution is -0.129. The summed E-state index contributed by atoms with van der Waals surface area (Å²) in [6.07, 6.45) is 2.31. The first-order chi connectivity index (χ1) is 16.1. The molecule has 0 spiro atoms. The molecule has 0 unspecified atom stereocenters. The normalized spacial score (nSPS) is 15.7. The summed E-state index contributed by atoms with van der Waals surface area (Å²) in [6.45, 7) is 5.19. The molecule has 1 fully saturated rings. The molecule has 33 heavy (non-hydrogen) atoms. The van der Waals surface area contributed by atoms with Crippen molar-refractivity contribution < 1.29 is 23.5 Å². The van der Waals surface area contributed by atoms with Gasteiger partial charge in [-0.1, -0.05) is 18.7 Å². The smallest absolute Gasteiger partial charge is 0.289 e. The van der Waals surface area contributed by atoms with Gasteiger partial charge in [-0.2, -0.15) is 0 Å². The van der Waals surface area contributed by atoms with Crippen molar-refractivity contribution in [3.05, 3.63) is 47.9 Å². The molecule has 0 atom stereocenters. The van der Waals surface area contributed by atoms with E-state index in [1.165, 1.54) is 18.0 Å². The van der Waals surface area contributed by atoms with Crippen LogP contribution in [0.3, 0.4) is 0 Å². The van der Waals surface area contributed by atoms with E-state index < -0.39 is 0 Å². The minimum atomic E-state index is -0.133. The summed E-state index contributed by atoms with van der Waals surface area (Å²) in [6, 6.07) is 9.36. The molecule has 2 amide bonds. The van der Waals surface area contributed by atoms with E-state index in [0.29, 0.717) is 56.7 Å². The van der Waals surface area contributed by atoms with Crippen molar-refractivity contribution in [2.75, 3.05) is 45.1 Å². The second-order valence-electron chi connectivity index (χ2n) is 7.93. The highest BCUT2D eigenvalue weighted by molar-refractivity contribution is 7.99.